The van der Waals surface area contributed by atoms with Crippen LogP contribution in [0.5, 0.6) is 0 Å². The third kappa shape index (κ3) is 4.82. The first-order chi connectivity index (χ1) is 17.4. The minimum Gasteiger partial charge on any atom is -0.321 e. The molecule has 0 saturated heterocycles. The maximum absolute atomic E-state index is 13.6. The maximum Gasteiger partial charge on any atom is 0.252 e. The van der Waals surface area contributed by atoms with Crippen molar-refractivity contribution in [2.75, 3.05) is 0 Å². The monoisotopic (exact) mass is 488 g/mol. The lowest BCUT2D eigenvalue weighted by Gasteiger charge is -2.31. The molecule has 2 aromatic heterocycles. The average molecular weight is 489 g/mol. The predicted molar refractivity (Wildman–Crippen MR) is 138 cm³/mol. The van der Waals surface area contributed by atoms with Crippen LogP contribution < -0.4 is 5.56 Å². The van der Waals surface area contributed by atoms with Gasteiger partial charge in [0, 0.05) is 24.0 Å². The number of halogens is 1. The molecule has 8 heteroatoms. The summed E-state index contributed by atoms with van der Waals surface area (Å²) in [5, 5.41) is 13.9. The minimum atomic E-state index is -0.265. The van der Waals surface area contributed by atoms with Gasteiger partial charge in [0.1, 0.15) is 5.82 Å². The number of hydrogen-bond acceptors (Lipinski definition) is 5. The van der Waals surface area contributed by atoms with Gasteiger partial charge in [0.2, 0.25) is 0 Å². The zero-order valence-electron chi connectivity index (χ0n) is 21.2. The minimum absolute atomic E-state index is 0.0921. The van der Waals surface area contributed by atoms with Crippen LogP contribution >= 0.6 is 0 Å². The van der Waals surface area contributed by atoms with E-state index in [1.807, 2.05) is 23.7 Å². The predicted octanol–water partition coefficient (Wildman–Crippen LogP) is 5.54. The van der Waals surface area contributed by atoms with Gasteiger partial charge in [-0.2, -0.15) is 0 Å². The summed E-state index contributed by atoms with van der Waals surface area (Å²) in [5.41, 5.74) is 4.62. The second-order valence-electron chi connectivity index (χ2n) is 9.99. The first kappa shape index (κ1) is 24.3. The van der Waals surface area contributed by atoms with Crippen LogP contribution in [-0.4, -0.2) is 30.1 Å². The van der Waals surface area contributed by atoms with E-state index in [-0.39, 0.29) is 17.4 Å². The zero-order valence-corrected chi connectivity index (χ0v) is 21.2. The highest BCUT2D eigenvalue weighted by atomic mass is 19.1. The lowest BCUT2D eigenvalue weighted by atomic mass is 10.0. The van der Waals surface area contributed by atoms with Crippen molar-refractivity contribution < 1.29 is 4.39 Å². The Morgan fingerprint density at radius 1 is 1.08 bits per heavy atom. The van der Waals surface area contributed by atoms with E-state index in [9.17, 15) is 9.18 Å². The van der Waals surface area contributed by atoms with Gasteiger partial charge in [-0.05, 0) is 78.4 Å². The molecule has 0 amide bonds. The molecule has 0 radical (unpaired) electrons. The molecule has 2 heterocycles. The number of hydrogen-bond donors (Lipinski definition) is 1. The summed E-state index contributed by atoms with van der Waals surface area (Å²) in [7, 11) is 0. The fraction of sp³-hybridized carbons (Fsp3) is 0.429. The van der Waals surface area contributed by atoms with Crippen LogP contribution in [0.4, 0.5) is 4.39 Å². The van der Waals surface area contributed by atoms with Crippen LogP contribution in [-0.2, 0) is 13.1 Å². The summed E-state index contributed by atoms with van der Waals surface area (Å²) >= 11 is 0. The van der Waals surface area contributed by atoms with Crippen molar-refractivity contribution >= 4 is 10.9 Å². The molecule has 1 saturated carbocycles. The number of nitrogens with zero attached hydrogens (tertiary/aromatic N) is 5. The Morgan fingerprint density at radius 2 is 1.81 bits per heavy atom. The Balaban J connectivity index is 1.55. The number of H-pyrrole nitrogens is 1. The number of tetrazole rings is 1. The highest BCUT2D eigenvalue weighted by molar-refractivity contribution is 5.85. The maximum atomic E-state index is 13.6. The van der Waals surface area contributed by atoms with Crippen LogP contribution in [0, 0.1) is 19.7 Å². The van der Waals surface area contributed by atoms with Crippen LogP contribution in [0.15, 0.2) is 47.3 Å². The van der Waals surface area contributed by atoms with Gasteiger partial charge in [-0.1, -0.05) is 44.0 Å². The van der Waals surface area contributed by atoms with E-state index < -0.39 is 0 Å². The normalized spacial score (nSPS) is 15.2. The van der Waals surface area contributed by atoms with Gasteiger partial charge in [-0.3, -0.25) is 9.69 Å². The van der Waals surface area contributed by atoms with E-state index in [1.165, 1.54) is 25.0 Å². The highest BCUT2D eigenvalue weighted by Gasteiger charge is 2.29. The van der Waals surface area contributed by atoms with Crippen LogP contribution in [0.3, 0.4) is 0 Å². The molecule has 0 aliphatic heterocycles. The van der Waals surface area contributed by atoms with Crippen LogP contribution in [0.1, 0.15) is 79.2 Å². The van der Waals surface area contributed by atoms with E-state index in [0.717, 1.165) is 52.7 Å². The van der Waals surface area contributed by atoms with E-state index in [0.29, 0.717) is 24.7 Å². The molecule has 0 unspecified atom stereocenters. The smallest absolute Gasteiger partial charge is 0.252 e. The second-order valence-corrected chi connectivity index (χ2v) is 9.99. The fourth-order valence-electron chi connectivity index (χ4n) is 5.49. The van der Waals surface area contributed by atoms with Gasteiger partial charge < -0.3 is 4.98 Å². The third-order valence-electron chi connectivity index (χ3n) is 7.51. The van der Waals surface area contributed by atoms with Gasteiger partial charge in [0.25, 0.3) is 5.56 Å². The number of aryl methyl sites for hydroxylation is 2. The number of aromatic amines is 1. The van der Waals surface area contributed by atoms with E-state index >= 15 is 0 Å². The van der Waals surface area contributed by atoms with E-state index in [1.54, 1.807) is 12.1 Å². The summed E-state index contributed by atoms with van der Waals surface area (Å²) in [6.45, 7) is 7.15. The Labute approximate surface area is 210 Å². The first-order valence-electron chi connectivity index (χ1n) is 12.8. The van der Waals surface area contributed by atoms with Gasteiger partial charge in [-0.15, -0.1) is 5.10 Å². The number of pyridine rings is 1. The number of nitrogens with one attached hydrogen (secondary N) is 1. The van der Waals surface area contributed by atoms with Gasteiger partial charge in [0.15, 0.2) is 5.82 Å². The summed E-state index contributed by atoms with van der Waals surface area (Å²) in [5.74, 6) is 0.565. The molecule has 1 N–H and O–H groups in total. The van der Waals surface area contributed by atoms with Gasteiger partial charge in [-0.25, -0.2) is 9.07 Å². The Kier molecular flexibility index (Phi) is 6.96. The summed E-state index contributed by atoms with van der Waals surface area (Å²) in [4.78, 5) is 18.6. The number of aromatic nitrogens is 5. The molecule has 7 nitrogen and oxygen atoms in total. The molecule has 1 atom stereocenters. The first-order valence-corrected chi connectivity index (χ1v) is 12.8. The van der Waals surface area contributed by atoms with Gasteiger partial charge >= 0.3 is 0 Å². The number of benzene rings is 2. The Morgan fingerprint density at radius 3 is 2.53 bits per heavy atom. The molecular formula is C28H33FN6O. The van der Waals surface area contributed by atoms with Crippen molar-refractivity contribution in [2.45, 2.75) is 78.0 Å². The van der Waals surface area contributed by atoms with Crippen LogP contribution in [0.2, 0.25) is 0 Å². The molecule has 1 fully saturated rings. The number of rotatable bonds is 8. The quantitative estimate of drug-likeness (QED) is 0.352. The molecular weight excluding hydrogens is 455 g/mol. The lowest BCUT2D eigenvalue weighted by Crippen LogP contribution is -2.32. The van der Waals surface area contributed by atoms with E-state index in [2.05, 4.69) is 45.3 Å². The molecule has 4 aromatic rings. The number of fused-ring (bicyclic) bond motifs is 1. The zero-order chi connectivity index (χ0) is 25.2. The molecule has 188 valence electrons. The third-order valence-corrected chi connectivity index (χ3v) is 7.51. The van der Waals surface area contributed by atoms with Gasteiger partial charge in [0.05, 0.1) is 17.6 Å². The second kappa shape index (κ2) is 10.3. The average Bonchev–Trinajstić information content (AvgIpc) is 3.57. The van der Waals surface area contributed by atoms with E-state index in [4.69, 9.17) is 0 Å². The molecule has 2 aromatic carbocycles. The highest BCUT2D eigenvalue weighted by Crippen LogP contribution is 2.33. The molecule has 1 aliphatic rings. The van der Waals surface area contributed by atoms with Crippen LogP contribution in [0.25, 0.3) is 10.9 Å². The summed E-state index contributed by atoms with van der Waals surface area (Å²) in [6.07, 6.45) is 5.30. The van der Waals surface area contributed by atoms with Crippen molar-refractivity contribution in [3.8, 4) is 0 Å². The van der Waals surface area contributed by atoms with Crippen molar-refractivity contribution in [1.82, 2.24) is 30.1 Å². The fourth-order valence-corrected chi connectivity index (χ4v) is 5.49. The molecule has 0 bridgehead atoms. The van der Waals surface area contributed by atoms with Crippen molar-refractivity contribution in [3.05, 3.63) is 86.7 Å². The summed E-state index contributed by atoms with van der Waals surface area (Å²) < 4.78 is 15.6. The molecule has 0 spiro atoms. The topological polar surface area (TPSA) is 79.7 Å². The SMILES string of the molecule is CC[C@H](c1nnnn1C1CCCC1)N(Cc1ccc(F)cc1)Cc1cc2c(C)ccc(C)c2[nH]c1=O. The van der Waals surface area contributed by atoms with Crippen molar-refractivity contribution in [1.29, 1.82) is 0 Å². The Hall–Kier alpha value is -3.39. The van der Waals surface area contributed by atoms with Crippen molar-refractivity contribution in [3.63, 3.8) is 0 Å². The molecule has 5 rings (SSSR count). The molecule has 36 heavy (non-hydrogen) atoms. The largest absolute Gasteiger partial charge is 0.321 e. The lowest BCUT2D eigenvalue weighted by molar-refractivity contribution is 0.158. The Bertz CT molecular complexity index is 1400. The van der Waals surface area contributed by atoms with Crippen molar-refractivity contribution in [2.24, 2.45) is 0 Å². The summed E-state index contributed by atoms with van der Waals surface area (Å²) in [6, 6.07) is 12.9. The molecule has 1 aliphatic carbocycles. The standard InChI is InChI=1S/C28H33FN6O/c1-4-25(27-31-32-33-35(27)23-7-5-6-8-23)34(16-20-11-13-22(29)14-12-20)17-21-15-24-18(2)9-10-19(3)26(24)30-28(21)36/h9-15,23,25H,4-8,16-17H2,1-3H3,(H,30,36)/t25-/m1/s1.